The zero-order valence-electron chi connectivity index (χ0n) is 16.9. The SMILES string of the molecule is Cc1cccc(-c2c(OC(N)=O)c3n(c2Cl)CCN(OC(N)=O)C3C(C)(C)C)c1. The summed E-state index contributed by atoms with van der Waals surface area (Å²) in [4.78, 5) is 28.5. The number of aromatic nitrogens is 1. The van der Waals surface area contributed by atoms with Crippen molar-refractivity contribution in [2.75, 3.05) is 6.54 Å². The van der Waals surface area contributed by atoms with Gasteiger partial charge in [-0.25, -0.2) is 9.59 Å². The third-order valence-corrected chi connectivity index (χ3v) is 5.21. The molecule has 29 heavy (non-hydrogen) atoms. The Hall–Kier alpha value is -2.71. The van der Waals surface area contributed by atoms with E-state index in [1.807, 2.05) is 56.5 Å². The maximum Gasteiger partial charge on any atom is 0.423 e. The number of halogens is 1. The fourth-order valence-corrected chi connectivity index (χ4v) is 4.22. The Kier molecular flexibility index (Phi) is 5.51. The number of benzene rings is 1. The van der Waals surface area contributed by atoms with Crippen molar-refractivity contribution < 1.29 is 19.2 Å². The van der Waals surface area contributed by atoms with Crippen molar-refractivity contribution >= 4 is 23.8 Å². The summed E-state index contributed by atoms with van der Waals surface area (Å²) < 4.78 is 7.34. The number of carbonyl (C=O) groups excluding carboxylic acids is 2. The van der Waals surface area contributed by atoms with E-state index in [2.05, 4.69) is 0 Å². The number of amides is 2. The van der Waals surface area contributed by atoms with Gasteiger partial charge in [0.05, 0.1) is 23.8 Å². The monoisotopic (exact) mass is 420 g/mol. The second-order valence-electron chi connectivity index (χ2n) is 8.14. The molecule has 0 bridgehead atoms. The van der Waals surface area contributed by atoms with Crippen LogP contribution < -0.4 is 16.2 Å². The van der Waals surface area contributed by atoms with Gasteiger partial charge in [-0.3, -0.25) is 0 Å². The molecular formula is C20H25ClN4O4. The fraction of sp³-hybridized carbons (Fsp3) is 0.400. The largest absolute Gasteiger partial charge is 0.423 e. The molecule has 4 N–H and O–H groups in total. The lowest BCUT2D eigenvalue weighted by atomic mass is 9.83. The number of carbonyl (C=O) groups is 2. The Morgan fingerprint density at radius 1 is 1.17 bits per heavy atom. The van der Waals surface area contributed by atoms with E-state index in [9.17, 15) is 9.59 Å². The quantitative estimate of drug-likeness (QED) is 0.779. The van der Waals surface area contributed by atoms with E-state index in [0.717, 1.165) is 11.1 Å². The molecule has 3 rings (SSSR count). The van der Waals surface area contributed by atoms with Crippen molar-refractivity contribution in [3.63, 3.8) is 0 Å². The minimum absolute atomic E-state index is 0.255. The molecule has 0 spiro atoms. The van der Waals surface area contributed by atoms with Crippen molar-refractivity contribution in [2.45, 2.75) is 40.3 Å². The van der Waals surface area contributed by atoms with Gasteiger partial charge in [-0.15, -0.1) is 5.06 Å². The molecule has 1 aliphatic rings. The Balaban J connectivity index is 2.29. The second-order valence-corrected chi connectivity index (χ2v) is 8.50. The number of ether oxygens (including phenoxy) is 1. The first kappa shape index (κ1) is 21.0. The molecule has 9 heteroatoms. The zero-order chi connectivity index (χ0) is 21.5. The maximum absolute atomic E-state index is 11.8. The number of rotatable bonds is 3. The molecule has 0 saturated heterocycles. The van der Waals surface area contributed by atoms with Gasteiger partial charge in [-0.2, -0.15) is 0 Å². The van der Waals surface area contributed by atoms with Gasteiger partial charge in [0.1, 0.15) is 5.15 Å². The Morgan fingerprint density at radius 3 is 2.41 bits per heavy atom. The normalized spacial score (nSPS) is 16.9. The van der Waals surface area contributed by atoms with E-state index < -0.39 is 23.6 Å². The van der Waals surface area contributed by atoms with Crippen molar-refractivity contribution in [1.29, 1.82) is 0 Å². The number of aryl methyl sites for hydroxylation is 1. The predicted molar refractivity (Wildman–Crippen MR) is 109 cm³/mol. The summed E-state index contributed by atoms with van der Waals surface area (Å²) in [5, 5.41) is 1.93. The molecule has 1 aromatic heterocycles. The number of nitrogens with zero attached hydrogens (tertiary/aromatic N) is 2. The first-order chi connectivity index (χ1) is 13.5. The molecule has 8 nitrogen and oxygen atoms in total. The van der Waals surface area contributed by atoms with Gasteiger partial charge in [0.2, 0.25) is 0 Å². The van der Waals surface area contributed by atoms with Gasteiger partial charge in [-0.05, 0) is 17.9 Å². The van der Waals surface area contributed by atoms with Crippen molar-refractivity contribution in [1.82, 2.24) is 9.63 Å². The highest BCUT2D eigenvalue weighted by Gasteiger charge is 2.44. The highest BCUT2D eigenvalue weighted by atomic mass is 35.5. The molecule has 2 amide bonds. The molecule has 0 aliphatic carbocycles. The molecule has 2 aromatic rings. The second kappa shape index (κ2) is 7.61. The van der Waals surface area contributed by atoms with Gasteiger partial charge in [0.25, 0.3) is 0 Å². The molecule has 1 atom stereocenters. The number of hydrogen-bond acceptors (Lipinski definition) is 5. The lowest BCUT2D eigenvalue weighted by Crippen LogP contribution is -2.45. The van der Waals surface area contributed by atoms with Crippen LogP contribution in [0.25, 0.3) is 11.1 Å². The molecular weight excluding hydrogens is 396 g/mol. The van der Waals surface area contributed by atoms with E-state index in [1.54, 1.807) is 0 Å². The van der Waals surface area contributed by atoms with Crippen LogP contribution in [0.3, 0.4) is 0 Å². The third-order valence-electron chi connectivity index (χ3n) is 4.82. The summed E-state index contributed by atoms with van der Waals surface area (Å²) in [7, 11) is 0. The van der Waals surface area contributed by atoms with Crippen molar-refractivity contribution in [3.05, 3.63) is 40.7 Å². The molecule has 0 radical (unpaired) electrons. The van der Waals surface area contributed by atoms with Crippen LogP contribution in [0, 0.1) is 12.3 Å². The van der Waals surface area contributed by atoms with Crippen LogP contribution >= 0.6 is 11.6 Å². The lowest BCUT2D eigenvalue weighted by Gasteiger charge is -2.42. The average molecular weight is 421 g/mol. The first-order valence-electron chi connectivity index (χ1n) is 9.21. The predicted octanol–water partition coefficient (Wildman–Crippen LogP) is 3.99. The van der Waals surface area contributed by atoms with Crippen LogP contribution in [0.15, 0.2) is 24.3 Å². The number of primary amides is 2. The molecule has 2 heterocycles. The van der Waals surface area contributed by atoms with Gasteiger partial charge in [0, 0.05) is 6.54 Å². The molecule has 1 unspecified atom stereocenters. The highest BCUT2D eigenvalue weighted by molar-refractivity contribution is 6.33. The van der Waals surface area contributed by atoms with E-state index in [-0.39, 0.29) is 5.75 Å². The molecule has 0 saturated carbocycles. The average Bonchev–Trinajstić information content (AvgIpc) is 2.84. The third kappa shape index (κ3) is 4.04. The van der Waals surface area contributed by atoms with E-state index >= 15 is 0 Å². The lowest BCUT2D eigenvalue weighted by molar-refractivity contribution is -0.168. The Bertz CT molecular complexity index is 964. The molecule has 0 fully saturated rings. The van der Waals surface area contributed by atoms with Crippen LogP contribution in [-0.2, 0) is 11.4 Å². The number of hydrogen-bond donors (Lipinski definition) is 2. The minimum Gasteiger partial charge on any atom is -0.408 e. The van der Waals surface area contributed by atoms with Gasteiger partial charge in [-0.1, -0.05) is 62.2 Å². The highest BCUT2D eigenvalue weighted by Crippen LogP contribution is 2.51. The van der Waals surface area contributed by atoms with Crippen LogP contribution in [-0.4, -0.2) is 28.4 Å². The standard InChI is InChI=1S/C20H25ClN4O4/c1-11-6-5-7-12(10-11)13-15(28-18(22)26)14-16(20(2,3)4)25(29-19(23)27)9-8-24(14)17(13)21/h5-7,10,16H,8-9H2,1-4H3,(H2,22,26)(H2,23,27). The van der Waals surface area contributed by atoms with Crippen molar-refractivity contribution in [2.24, 2.45) is 16.9 Å². The van der Waals surface area contributed by atoms with Crippen LogP contribution in [0.2, 0.25) is 5.15 Å². The smallest absolute Gasteiger partial charge is 0.408 e. The summed E-state index contributed by atoms with van der Waals surface area (Å²) in [6, 6.07) is 7.22. The number of nitrogens with two attached hydrogens (primary N) is 2. The molecule has 1 aromatic carbocycles. The van der Waals surface area contributed by atoms with E-state index in [1.165, 1.54) is 5.06 Å². The maximum atomic E-state index is 11.8. The fourth-order valence-electron chi connectivity index (χ4n) is 3.85. The number of hydroxylamine groups is 2. The first-order valence-corrected chi connectivity index (χ1v) is 9.58. The summed E-state index contributed by atoms with van der Waals surface area (Å²) in [5.41, 5.74) is 13.2. The summed E-state index contributed by atoms with van der Waals surface area (Å²) in [6.07, 6.45) is -1.87. The molecule has 156 valence electrons. The summed E-state index contributed by atoms with van der Waals surface area (Å²) in [6.45, 7) is 8.68. The Morgan fingerprint density at radius 2 is 1.86 bits per heavy atom. The molecule has 1 aliphatic heterocycles. The van der Waals surface area contributed by atoms with Crippen LogP contribution in [0.5, 0.6) is 5.75 Å². The van der Waals surface area contributed by atoms with Crippen LogP contribution in [0.1, 0.15) is 38.1 Å². The Labute approximate surface area is 174 Å². The topological polar surface area (TPSA) is 113 Å². The zero-order valence-corrected chi connectivity index (χ0v) is 17.6. The summed E-state index contributed by atoms with van der Waals surface area (Å²) >= 11 is 6.77. The summed E-state index contributed by atoms with van der Waals surface area (Å²) in [5.74, 6) is 0.255. The minimum atomic E-state index is -0.954. The van der Waals surface area contributed by atoms with Gasteiger partial charge >= 0.3 is 12.2 Å². The van der Waals surface area contributed by atoms with Gasteiger partial charge < -0.3 is 25.6 Å². The van der Waals surface area contributed by atoms with E-state index in [4.69, 9.17) is 32.6 Å². The van der Waals surface area contributed by atoms with Crippen LogP contribution in [0.4, 0.5) is 9.59 Å². The number of fused-ring (bicyclic) bond motifs is 1. The van der Waals surface area contributed by atoms with E-state index in [0.29, 0.717) is 29.5 Å². The van der Waals surface area contributed by atoms with Crippen molar-refractivity contribution in [3.8, 4) is 16.9 Å². The van der Waals surface area contributed by atoms with Gasteiger partial charge in [0.15, 0.2) is 5.75 Å².